The van der Waals surface area contributed by atoms with Gasteiger partial charge in [0.2, 0.25) is 0 Å². The molecule has 3 rings (SSSR count). The molecule has 2 aromatic carbocycles. The Labute approximate surface area is 126 Å². The first kappa shape index (κ1) is 14.2. The summed E-state index contributed by atoms with van der Waals surface area (Å²) in [4.78, 5) is 0. The molecule has 1 unspecified atom stereocenters. The van der Waals surface area contributed by atoms with Crippen molar-refractivity contribution in [3.05, 3.63) is 64.2 Å². The summed E-state index contributed by atoms with van der Waals surface area (Å²) in [5, 5.41) is 11.2. The van der Waals surface area contributed by atoms with Gasteiger partial charge in [0.1, 0.15) is 11.4 Å². The molecule has 0 fully saturated rings. The van der Waals surface area contributed by atoms with Gasteiger partial charge in [0.15, 0.2) is 0 Å². The van der Waals surface area contributed by atoms with Crippen molar-refractivity contribution in [1.29, 1.82) is 0 Å². The van der Waals surface area contributed by atoms with Gasteiger partial charge in [-0.3, -0.25) is 0 Å². The van der Waals surface area contributed by atoms with Crippen LogP contribution in [0.5, 0.6) is 5.75 Å². The van der Waals surface area contributed by atoms with Crippen LogP contribution >= 0.6 is 0 Å². The van der Waals surface area contributed by atoms with Crippen molar-refractivity contribution in [3.63, 3.8) is 0 Å². The summed E-state index contributed by atoms with van der Waals surface area (Å²) in [6, 6.07) is 12.3. The Kier molecular flexibility index (Phi) is 3.50. The van der Waals surface area contributed by atoms with Gasteiger partial charge in [0, 0.05) is 5.56 Å². The second-order valence-corrected chi connectivity index (χ2v) is 6.14. The molecule has 0 aliphatic carbocycles. The van der Waals surface area contributed by atoms with E-state index in [1.165, 1.54) is 5.56 Å². The average molecular weight is 282 g/mol. The molecule has 2 aromatic rings. The summed E-state index contributed by atoms with van der Waals surface area (Å²) in [5.74, 6) is 0.870. The molecule has 0 saturated carbocycles. The van der Waals surface area contributed by atoms with Gasteiger partial charge in [-0.05, 0) is 50.3 Å². The fourth-order valence-electron chi connectivity index (χ4n) is 3.18. The predicted octanol–water partition coefficient (Wildman–Crippen LogP) is 3.88. The number of aliphatic hydroxyl groups is 1. The Morgan fingerprint density at radius 3 is 2.71 bits per heavy atom. The zero-order valence-corrected chi connectivity index (χ0v) is 12.9. The number of para-hydroxylation sites is 1. The summed E-state index contributed by atoms with van der Waals surface area (Å²) in [7, 11) is 0. The van der Waals surface area contributed by atoms with Crippen molar-refractivity contribution >= 4 is 0 Å². The quantitative estimate of drug-likeness (QED) is 0.905. The van der Waals surface area contributed by atoms with Gasteiger partial charge >= 0.3 is 0 Å². The minimum atomic E-state index is -1.04. The van der Waals surface area contributed by atoms with Crippen molar-refractivity contribution in [2.24, 2.45) is 0 Å². The van der Waals surface area contributed by atoms with E-state index in [9.17, 15) is 5.11 Å². The van der Waals surface area contributed by atoms with Crippen molar-refractivity contribution < 1.29 is 9.84 Å². The van der Waals surface area contributed by atoms with Crippen molar-refractivity contribution in [2.45, 2.75) is 39.2 Å². The van der Waals surface area contributed by atoms with E-state index in [0.29, 0.717) is 0 Å². The van der Waals surface area contributed by atoms with Gasteiger partial charge < -0.3 is 9.84 Å². The normalized spacial score (nSPS) is 16.8. The maximum Gasteiger partial charge on any atom is 0.128 e. The van der Waals surface area contributed by atoms with Gasteiger partial charge in [-0.15, -0.1) is 0 Å². The van der Waals surface area contributed by atoms with Crippen LogP contribution in [0.2, 0.25) is 0 Å². The molecule has 0 aromatic heterocycles. The molecule has 1 atom stereocenters. The highest BCUT2D eigenvalue weighted by atomic mass is 16.5. The van der Waals surface area contributed by atoms with Crippen molar-refractivity contribution in [2.75, 3.05) is 6.61 Å². The Hall–Kier alpha value is -1.80. The molecule has 1 N–H and O–H groups in total. The van der Waals surface area contributed by atoms with Crippen LogP contribution in [0.4, 0.5) is 0 Å². The monoisotopic (exact) mass is 282 g/mol. The van der Waals surface area contributed by atoms with Crippen LogP contribution in [0.1, 0.15) is 41.2 Å². The minimum Gasteiger partial charge on any atom is -0.493 e. The van der Waals surface area contributed by atoms with Crippen LogP contribution in [-0.4, -0.2) is 11.7 Å². The summed E-state index contributed by atoms with van der Waals surface area (Å²) in [6.07, 6.45) is 2.06. The highest BCUT2D eigenvalue weighted by molar-refractivity contribution is 5.51. The molecule has 0 saturated heterocycles. The third-order valence-corrected chi connectivity index (χ3v) is 4.38. The van der Waals surface area contributed by atoms with Crippen LogP contribution in [-0.2, 0) is 12.0 Å². The highest BCUT2D eigenvalue weighted by Gasteiger charge is 2.32. The van der Waals surface area contributed by atoms with Crippen LogP contribution in [0.25, 0.3) is 0 Å². The summed E-state index contributed by atoms with van der Waals surface area (Å²) in [6.45, 7) is 6.69. The fourth-order valence-corrected chi connectivity index (χ4v) is 3.18. The predicted molar refractivity (Wildman–Crippen MR) is 84.8 cm³/mol. The van der Waals surface area contributed by atoms with Crippen LogP contribution < -0.4 is 4.74 Å². The van der Waals surface area contributed by atoms with Gasteiger partial charge in [0.05, 0.1) is 6.61 Å². The molecule has 2 heteroatoms. The second kappa shape index (κ2) is 5.19. The zero-order chi connectivity index (χ0) is 15.0. The largest absolute Gasteiger partial charge is 0.493 e. The third kappa shape index (κ3) is 2.44. The number of rotatable bonds is 2. The smallest absolute Gasteiger partial charge is 0.128 e. The maximum atomic E-state index is 11.2. The molecule has 21 heavy (non-hydrogen) atoms. The van der Waals surface area contributed by atoms with E-state index in [1.54, 1.807) is 0 Å². The fraction of sp³-hybridized carbons (Fsp3) is 0.368. The van der Waals surface area contributed by atoms with E-state index >= 15 is 0 Å². The van der Waals surface area contributed by atoms with Crippen LogP contribution in [0, 0.1) is 13.8 Å². The van der Waals surface area contributed by atoms with E-state index in [1.807, 2.05) is 26.0 Å². The van der Waals surface area contributed by atoms with E-state index < -0.39 is 5.60 Å². The standard InChI is InChI=1S/C19H22O2/c1-13-9-10-14(2)17(12-13)19(3,20)16-8-4-6-15-7-5-11-21-18(15)16/h4,6,8-10,12,20H,5,7,11H2,1-3H3. The lowest BCUT2D eigenvalue weighted by atomic mass is 9.83. The Balaban J connectivity index is 2.16. The topological polar surface area (TPSA) is 29.5 Å². The van der Waals surface area contributed by atoms with Crippen LogP contribution in [0.3, 0.4) is 0 Å². The summed E-state index contributed by atoms with van der Waals surface area (Å²) in [5.41, 5.74) is 4.22. The first-order valence-corrected chi connectivity index (χ1v) is 7.55. The van der Waals surface area contributed by atoms with E-state index in [4.69, 9.17) is 4.74 Å². The summed E-state index contributed by atoms with van der Waals surface area (Å²) < 4.78 is 5.87. The number of benzene rings is 2. The van der Waals surface area contributed by atoms with E-state index in [-0.39, 0.29) is 0 Å². The van der Waals surface area contributed by atoms with Crippen molar-refractivity contribution in [1.82, 2.24) is 0 Å². The Morgan fingerprint density at radius 1 is 1.10 bits per heavy atom. The van der Waals surface area contributed by atoms with Gasteiger partial charge in [-0.2, -0.15) is 0 Å². The molecule has 0 radical (unpaired) electrons. The second-order valence-electron chi connectivity index (χ2n) is 6.14. The third-order valence-electron chi connectivity index (χ3n) is 4.38. The summed E-state index contributed by atoms with van der Waals surface area (Å²) >= 11 is 0. The molecular formula is C19H22O2. The molecule has 1 aliphatic rings. The molecular weight excluding hydrogens is 260 g/mol. The van der Waals surface area contributed by atoms with Gasteiger partial charge in [0.25, 0.3) is 0 Å². The van der Waals surface area contributed by atoms with E-state index in [2.05, 4.69) is 31.2 Å². The lowest BCUT2D eigenvalue weighted by Gasteiger charge is -2.31. The molecule has 110 valence electrons. The number of hydrogen-bond donors (Lipinski definition) is 1. The maximum absolute atomic E-state index is 11.2. The first-order valence-electron chi connectivity index (χ1n) is 7.55. The molecule has 0 spiro atoms. The first-order chi connectivity index (χ1) is 10.00. The average Bonchev–Trinajstić information content (AvgIpc) is 2.49. The van der Waals surface area contributed by atoms with Gasteiger partial charge in [-0.1, -0.05) is 42.0 Å². The molecule has 0 bridgehead atoms. The molecule has 2 nitrogen and oxygen atoms in total. The molecule has 0 amide bonds. The Bertz CT molecular complexity index is 671. The molecule has 1 aliphatic heterocycles. The minimum absolute atomic E-state index is 0.729. The SMILES string of the molecule is Cc1ccc(C)c(C(C)(O)c2cccc3c2OCCC3)c1. The Morgan fingerprint density at radius 2 is 1.90 bits per heavy atom. The number of fused-ring (bicyclic) bond motifs is 1. The number of ether oxygens (including phenoxy) is 1. The van der Waals surface area contributed by atoms with Crippen LogP contribution in [0.15, 0.2) is 36.4 Å². The van der Waals surface area contributed by atoms with Gasteiger partial charge in [-0.25, -0.2) is 0 Å². The number of aryl methyl sites for hydroxylation is 3. The zero-order valence-electron chi connectivity index (χ0n) is 12.9. The highest BCUT2D eigenvalue weighted by Crippen LogP contribution is 2.40. The molecule has 1 heterocycles. The van der Waals surface area contributed by atoms with Crippen molar-refractivity contribution in [3.8, 4) is 5.75 Å². The lowest BCUT2D eigenvalue weighted by molar-refractivity contribution is 0.0960. The lowest BCUT2D eigenvalue weighted by Crippen LogP contribution is -2.26. The van der Waals surface area contributed by atoms with E-state index in [0.717, 1.165) is 47.5 Å². The number of hydrogen-bond acceptors (Lipinski definition) is 2.